The quantitative estimate of drug-likeness (QED) is 0.836. The maximum absolute atomic E-state index is 4.31. The van der Waals surface area contributed by atoms with E-state index in [-0.39, 0.29) is 0 Å². The van der Waals surface area contributed by atoms with Crippen molar-refractivity contribution < 1.29 is 0 Å². The van der Waals surface area contributed by atoms with Gasteiger partial charge in [-0.2, -0.15) is 4.68 Å². The second kappa shape index (κ2) is 3.41. The maximum Gasteiger partial charge on any atom is 0.155 e. The highest BCUT2D eigenvalue weighted by atomic mass is 79.9. The van der Waals surface area contributed by atoms with Crippen LogP contribution in [-0.2, 0) is 0 Å². The number of nitrogens with zero attached hydrogens (tertiary/aromatic N) is 4. The molecule has 0 aliphatic heterocycles. The van der Waals surface area contributed by atoms with E-state index in [0.29, 0.717) is 5.92 Å². The molecule has 0 spiro atoms. The minimum absolute atomic E-state index is 0.630. The van der Waals surface area contributed by atoms with Crippen molar-refractivity contribution in [2.75, 3.05) is 0 Å². The van der Waals surface area contributed by atoms with Gasteiger partial charge in [0.2, 0.25) is 0 Å². The van der Waals surface area contributed by atoms with Crippen LogP contribution >= 0.6 is 15.9 Å². The Labute approximate surface area is 95.5 Å². The molecule has 2 aromatic rings. The van der Waals surface area contributed by atoms with E-state index in [2.05, 4.69) is 31.2 Å². The summed E-state index contributed by atoms with van der Waals surface area (Å²) in [6.45, 7) is 0. The van der Waals surface area contributed by atoms with Crippen LogP contribution in [0, 0.1) is 0 Å². The summed E-state index contributed by atoms with van der Waals surface area (Å²) in [6, 6.07) is 3.89. The molecule has 76 valence electrons. The second-order valence-electron chi connectivity index (χ2n) is 3.68. The van der Waals surface area contributed by atoms with Crippen LogP contribution in [0.3, 0.4) is 0 Å². The number of halogens is 1. The van der Waals surface area contributed by atoms with Gasteiger partial charge in [-0.15, -0.1) is 5.10 Å². The Kier molecular flexibility index (Phi) is 2.05. The van der Waals surface area contributed by atoms with Crippen molar-refractivity contribution in [3.05, 3.63) is 34.7 Å². The molecule has 0 bridgehead atoms. The van der Waals surface area contributed by atoms with Crippen LogP contribution in [0.5, 0.6) is 0 Å². The Morgan fingerprint density at radius 3 is 2.80 bits per heavy atom. The number of pyridine rings is 1. The molecule has 15 heavy (non-hydrogen) atoms. The summed E-state index contributed by atoms with van der Waals surface area (Å²) >= 11 is 3.36. The molecule has 2 aromatic heterocycles. The zero-order chi connectivity index (χ0) is 10.3. The summed E-state index contributed by atoms with van der Waals surface area (Å²) in [5.41, 5.74) is 1.17. The topological polar surface area (TPSA) is 43.6 Å². The third kappa shape index (κ3) is 1.67. The maximum atomic E-state index is 4.31. The first-order chi connectivity index (χ1) is 7.34. The molecule has 5 heteroatoms. The van der Waals surface area contributed by atoms with Crippen molar-refractivity contribution in [2.45, 2.75) is 18.8 Å². The number of rotatable bonds is 2. The average molecular weight is 265 g/mol. The Bertz CT molecular complexity index is 472. The van der Waals surface area contributed by atoms with Crippen molar-refractivity contribution >= 4 is 15.9 Å². The summed E-state index contributed by atoms with van der Waals surface area (Å²) < 4.78 is 2.80. The van der Waals surface area contributed by atoms with Gasteiger partial charge in [0.25, 0.3) is 0 Å². The summed E-state index contributed by atoms with van der Waals surface area (Å²) in [4.78, 5) is 4.31. The minimum atomic E-state index is 0.630. The van der Waals surface area contributed by atoms with E-state index < -0.39 is 0 Å². The molecule has 0 radical (unpaired) electrons. The van der Waals surface area contributed by atoms with E-state index in [1.54, 1.807) is 6.20 Å². The molecule has 0 saturated heterocycles. The predicted molar refractivity (Wildman–Crippen MR) is 58.8 cm³/mol. The molecule has 1 aliphatic carbocycles. The van der Waals surface area contributed by atoms with Gasteiger partial charge in [-0.05, 0) is 40.9 Å². The highest BCUT2D eigenvalue weighted by molar-refractivity contribution is 9.10. The molecule has 0 N–H and O–H groups in total. The van der Waals surface area contributed by atoms with Crippen molar-refractivity contribution in [1.82, 2.24) is 20.0 Å². The molecule has 1 saturated carbocycles. The lowest BCUT2D eigenvalue weighted by atomic mass is 10.3. The summed E-state index contributed by atoms with van der Waals surface area (Å²) in [5.74, 6) is 1.46. The van der Waals surface area contributed by atoms with Crippen molar-refractivity contribution in [2.24, 2.45) is 0 Å². The molecule has 0 amide bonds. The molecular formula is C10H9BrN4. The molecule has 0 aromatic carbocycles. The fraction of sp³-hybridized carbons (Fsp3) is 0.300. The third-order valence-corrected chi connectivity index (χ3v) is 2.97. The number of hydrogen-bond donors (Lipinski definition) is 0. The van der Waals surface area contributed by atoms with Gasteiger partial charge in [0, 0.05) is 16.6 Å². The molecule has 4 nitrogen and oxygen atoms in total. The number of hydrogen-bond acceptors (Lipinski definition) is 3. The third-order valence-electron chi connectivity index (χ3n) is 2.50. The molecule has 0 atom stereocenters. The van der Waals surface area contributed by atoms with Gasteiger partial charge in [-0.25, -0.2) is 4.98 Å². The molecule has 0 unspecified atom stereocenters. The smallest absolute Gasteiger partial charge is 0.155 e. The highest BCUT2D eigenvalue weighted by Crippen LogP contribution is 2.39. The van der Waals surface area contributed by atoms with Crippen molar-refractivity contribution in [3.8, 4) is 5.82 Å². The molecular weight excluding hydrogens is 256 g/mol. The first-order valence-electron chi connectivity index (χ1n) is 4.87. The van der Waals surface area contributed by atoms with Gasteiger partial charge < -0.3 is 0 Å². The van der Waals surface area contributed by atoms with Crippen LogP contribution < -0.4 is 0 Å². The Morgan fingerprint density at radius 1 is 1.27 bits per heavy atom. The van der Waals surface area contributed by atoms with Crippen LogP contribution in [0.25, 0.3) is 5.82 Å². The van der Waals surface area contributed by atoms with E-state index in [0.717, 1.165) is 10.3 Å². The van der Waals surface area contributed by atoms with Crippen molar-refractivity contribution in [3.63, 3.8) is 0 Å². The fourth-order valence-electron chi connectivity index (χ4n) is 1.57. The van der Waals surface area contributed by atoms with E-state index in [1.165, 1.54) is 18.5 Å². The van der Waals surface area contributed by atoms with Crippen LogP contribution in [0.2, 0.25) is 0 Å². The van der Waals surface area contributed by atoms with E-state index >= 15 is 0 Å². The normalized spacial score (nSPS) is 15.5. The lowest BCUT2D eigenvalue weighted by Gasteiger charge is -2.03. The van der Waals surface area contributed by atoms with Crippen molar-refractivity contribution in [1.29, 1.82) is 0 Å². The standard InChI is InChI=1S/C10H9BrN4/c11-8-3-4-10(12-5-8)15-9(6-13-14-15)7-1-2-7/h3-7H,1-2H2. The molecule has 3 rings (SSSR count). The molecule has 1 fully saturated rings. The van der Waals surface area contributed by atoms with E-state index in [1.807, 2.05) is 23.0 Å². The summed E-state index contributed by atoms with van der Waals surface area (Å²) in [5, 5.41) is 8.01. The first kappa shape index (κ1) is 9.03. The molecule has 1 aliphatic rings. The lowest BCUT2D eigenvalue weighted by molar-refractivity contribution is 0.744. The number of aromatic nitrogens is 4. The fourth-order valence-corrected chi connectivity index (χ4v) is 1.81. The van der Waals surface area contributed by atoms with E-state index in [9.17, 15) is 0 Å². The van der Waals surface area contributed by atoms with Gasteiger partial charge in [-0.3, -0.25) is 0 Å². The SMILES string of the molecule is Brc1ccc(-n2nncc2C2CC2)nc1. The summed E-state index contributed by atoms with van der Waals surface area (Å²) in [6.07, 6.45) is 6.09. The highest BCUT2D eigenvalue weighted by Gasteiger charge is 2.28. The van der Waals surface area contributed by atoms with Gasteiger partial charge in [-0.1, -0.05) is 5.21 Å². The van der Waals surface area contributed by atoms with Gasteiger partial charge >= 0.3 is 0 Å². The Hall–Kier alpha value is -1.23. The van der Waals surface area contributed by atoms with Gasteiger partial charge in [0.15, 0.2) is 5.82 Å². The molecule has 2 heterocycles. The Balaban J connectivity index is 2.04. The zero-order valence-electron chi connectivity index (χ0n) is 7.97. The van der Waals surface area contributed by atoms with E-state index in [4.69, 9.17) is 0 Å². The predicted octanol–water partition coefficient (Wildman–Crippen LogP) is 2.30. The monoisotopic (exact) mass is 264 g/mol. The van der Waals surface area contributed by atoms with Crippen LogP contribution in [-0.4, -0.2) is 20.0 Å². The lowest BCUT2D eigenvalue weighted by Crippen LogP contribution is -2.03. The van der Waals surface area contributed by atoms with Gasteiger partial charge in [0.1, 0.15) is 0 Å². The van der Waals surface area contributed by atoms with Crippen LogP contribution in [0.1, 0.15) is 24.5 Å². The average Bonchev–Trinajstić information content (AvgIpc) is 2.98. The van der Waals surface area contributed by atoms with Gasteiger partial charge in [0.05, 0.1) is 11.9 Å². The summed E-state index contributed by atoms with van der Waals surface area (Å²) in [7, 11) is 0. The minimum Gasteiger partial charge on any atom is -0.236 e. The largest absolute Gasteiger partial charge is 0.236 e. The first-order valence-corrected chi connectivity index (χ1v) is 5.66. The Morgan fingerprint density at radius 2 is 2.13 bits per heavy atom. The zero-order valence-corrected chi connectivity index (χ0v) is 9.55. The second-order valence-corrected chi connectivity index (χ2v) is 4.60. The van der Waals surface area contributed by atoms with Crippen LogP contribution in [0.4, 0.5) is 0 Å². The van der Waals surface area contributed by atoms with Crippen LogP contribution in [0.15, 0.2) is 29.0 Å².